The largest absolute Gasteiger partial charge is 0.412 e. The highest BCUT2D eigenvalue weighted by Gasteiger charge is 2.50. The Morgan fingerprint density at radius 3 is 0.808 bits per heavy atom. The van der Waals surface area contributed by atoms with Crippen LogP contribution in [0.2, 0.25) is 34.3 Å². The van der Waals surface area contributed by atoms with E-state index in [1.807, 2.05) is 0 Å². The molecular weight excluding hydrogens is 352 g/mol. The van der Waals surface area contributed by atoms with Gasteiger partial charge in [-0.05, 0) is 75.8 Å². The van der Waals surface area contributed by atoms with Gasteiger partial charge in [-0.1, -0.05) is 55.4 Å². The predicted molar refractivity (Wildman–Crippen MR) is 123 cm³/mol. The lowest BCUT2D eigenvalue weighted by atomic mass is 10.2. The van der Waals surface area contributed by atoms with Gasteiger partial charge in [-0.15, -0.1) is 0 Å². The van der Waals surface area contributed by atoms with E-state index in [1.165, 1.54) is 12.1 Å². The van der Waals surface area contributed by atoms with E-state index < -0.39 is 16.6 Å². The van der Waals surface area contributed by atoms with Crippen molar-refractivity contribution in [3.63, 3.8) is 0 Å². The van der Waals surface area contributed by atoms with Crippen molar-refractivity contribution in [1.82, 2.24) is 0 Å². The van der Waals surface area contributed by atoms with Crippen molar-refractivity contribution in [3.05, 3.63) is 0 Å². The lowest BCUT2D eigenvalue weighted by molar-refractivity contribution is 0.103. The first-order valence-electron chi connectivity index (χ1n) is 10.8. The molecule has 0 saturated heterocycles. The molecule has 0 aromatic rings. The van der Waals surface area contributed by atoms with Gasteiger partial charge in [0, 0.05) is 11.2 Å². The first-order valence-corrected chi connectivity index (χ1v) is 15.3. The van der Waals surface area contributed by atoms with Crippen LogP contribution in [-0.2, 0) is 8.85 Å². The van der Waals surface area contributed by atoms with E-state index in [-0.39, 0.29) is 11.2 Å². The topological polar surface area (TPSA) is 18.5 Å². The second-order valence-electron chi connectivity index (χ2n) is 11.5. The van der Waals surface area contributed by atoms with Crippen molar-refractivity contribution in [2.24, 2.45) is 0 Å². The second kappa shape index (κ2) is 9.23. The smallest absolute Gasteiger partial charge is 0.198 e. The van der Waals surface area contributed by atoms with Crippen LogP contribution in [0.15, 0.2) is 0 Å². The van der Waals surface area contributed by atoms with Crippen LogP contribution in [0.3, 0.4) is 0 Å². The summed E-state index contributed by atoms with van der Waals surface area (Å²) >= 11 is 0. The number of hydrogen-bond acceptors (Lipinski definition) is 2. The highest BCUT2D eigenvalue weighted by Crippen LogP contribution is 2.47. The molecule has 0 spiro atoms. The van der Waals surface area contributed by atoms with E-state index in [9.17, 15) is 0 Å². The van der Waals surface area contributed by atoms with Gasteiger partial charge in [0.25, 0.3) is 0 Å². The molecule has 0 unspecified atom stereocenters. The summed E-state index contributed by atoms with van der Waals surface area (Å²) in [5, 5.41) is 0. The molecule has 0 aliphatic carbocycles. The molecule has 0 N–H and O–H groups in total. The van der Waals surface area contributed by atoms with Crippen molar-refractivity contribution >= 4 is 16.6 Å². The zero-order valence-corrected chi connectivity index (χ0v) is 22.5. The highest BCUT2D eigenvalue weighted by molar-refractivity contribution is 6.81. The molecule has 0 aliphatic heterocycles. The minimum atomic E-state index is -1.91. The van der Waals surface area contributed by atoms with E-state index >= 15 is 0 Å². The zero-order valence-electron chi connectivity index (χ0n) is 20.5. The van der Waals surface area contributed by atoms with E-state index in [1.54, 1.807) is 0 Å². The van der Waals surface area contributed by atoms with E-state index in [0.717, 1.165) is 0 Å². The average molecular weight is 403 g/mol. The van der Waals surface area contributed by atoms with Crippen LogP contribution in [0, 0.1) is 0 Å². The van der Waals surface area contributed by atoms with Gasteiger partial charge >= 0.3 is 0 Å². The summed E-state index contributed by atoms with van der Waals surface area (Å²) in [5.41, 5.74) is 2.30. The maximum atomic E-state index is 6.94. The maximum Gasteiger partial charge on any atom is 0.198 e. The fraction of sp³-hybridized carbons (Fsp3) is 1.00. The van der Waals surface area contributed by atoms with Gasteiger partial charge in [0.05, 0.1) is 0 Å². The summed E-state index contributed by atoms with van der Waals surface area (Å²) in [7, 11) is -3.82. The van der Waals surface area contributed by atoms with Crippen molar-refractivity contribution in [2.45, 2.75) is 142 Å². The Bertz CT molecular complexity index is 359. The Hall–Kier alpha value is 0.354. The quantitative estimate of drug-likeness (QED) is 0.362. The second-order valence-corrected chi connectivity index (χ2v) is 21.3. The van der Waals surface area contributed by atoms with Crippen LogP contribution in [0.25, 0.3) is 0 Å². The first kappa shape index (κ1) is 26.4. The monoisotopic (exact) mass is 402 g/mol. The number of rotatable bonds is 9. The fourth-order valence-corrected chi connectivity index (χ4v) is 16.1. The molecule has 0 fully saturated rings. The third-order valence-corrected chi connectivity index (χ3v) is 18.2. The molecule has 0 atom stereocenters. The summed E-state index contributed by atoms with van der Waals surface area (Å²) in [6.45, 7) is 32.4. The molecule has 0 heterocycles. The Morgan fingerprint density at radius 2 is 0.692 bits per heavy atom. The standard InChI is InChI=1S/C22H50O2Si2/c1-17(2)25(18(3)4,23-21(9,10)11)15-16-26(19(5)6,20(7)8)24-22(12,13)14/h17-20H,15-16H2,1-14H3. The lowest BCUT2D eigenvalue weighted by Gasteiger charge is -2.48. The van der Waals surface area contributed by atoms with Crippen LogP contribution < -0.4 is 0 Å². The molecular formula is C22H50O2Si2. The number of hydrogen-bond donors (Lipinski definition) is 0. The molecule has 0 rings (SSSR count). The van der Waals surface area contributed by atoms with Gasteiger partial charge in [-0.2, -0.15) is 0 Å². The highest BCUT2D eigenvalue weighted by atomic mass is 28.4. The third-order valence-electron chi connectivity index (χ3n) is 5.81. The molecule has 0 saturated carbocycles. The van der Waals surface area contributed by atoms with Crippen LogP contribution in [0.5, 0.6) is 0 Å². The van der Waals surface area contributed by atoms with Crippen LogP contribution in [0.1, 0.15) is 96.9 Å². The van der Waals surface area contributed by atoms with Gasteiger partial charge < -0.3 is 8.85 Å². The first-order chi connectivity index (χ1) is 11.4. The average Bonchev–Trinajstić information content (AvgIpc) is 2.37. The predicted octanol–water partition coefficient (Wildman–Crippen LogP) is 8.15. The maximum absolute atomic E-state index is 6.94. The molecule has 0 aliphatic rings. The molecule has 0 bridgehead atoms. The molecule has 0 aromatic carbocycles. The summed E-state index contributed by atoms with van der Waals surface area (Å²) in [6.07, 6.45) is 0. The summed E-state index contributed by atoms with van der Waals surface area (Å²) in [6, 6.07) is 2.44. The molecule has 158 valence electrons. The van der Waals surface area contributed by atoms with E-state index in [2.05, 4.69) is 96.9 Å². The molecule has 26 heavy (non-hydrogen) atoms. The zero-order chi connectivity index (χ0) is 21.1. The Labute approximate surface area is 168 Å². The summed E-state index contributed by atoms with van der Waals surface area (Å²) in [4.78, 5) is 0. The molecule has 0 radical (unpaired) electrons. The Morgan fingerprint density at radius 1 is 0.500 bits per heavy atom. The van der Waals surface area contributed by atoms with Crippen LogP contribution in [0.4, 0.5) is 0 Å². The molecule has 4 heteroatoms. The molecule has 2 nitrogen and oxygen atoms in total. The van der Waals surface area contributed by atoms with Crippen LogP contribution in [-0.4, -0.2) is 27.8 Å². The van der Waals surface area contributed by atoms with Gasteiger partial charge in [0.15, 0.2) is 16.6 Å². The van der Waals surface area contributed by atoms with Crippen molar-refractivity contribution in [3.8, 4) is 0 Å². The third kappa shape index (κ3) is 7.07. The Kier molecular flexibility index (Phi) is 9.36. The minimum Gasteiger partial charge on any atom is -0.412 e. The van der Waals surface area contributed by atoms with Crippen LogP contribution >= 0.6 is 0 Å². The summed E-state index contributed by atoms with van der Waals surface area (Å²) < 4.78 is 13.9. The van der Waals surface area contributed by atoms with Crippen molar-refractivity contribution < 1.29 is 8.85 Å². The van der Waals surface area contributed by atoms with Gasteiger partial charge in [-0.25, -0.2) is 0 Å². The lowest BCUT2D eigenvalue weighted by Crippen LogP contribution is -2.54. The van der Waals surface area contributed by atoms with Gasteiger partial charge in [0.1, 0.15) is 0 Å². The van der Waals surface area contributed by atoms with E-state index in [4.69, 9.17) is 8.85 Å². The van der Waals surface area contributed by atoms with Crippen molar-refractivity contribution in [2.75, 3.05) is 0 Å². The van der Waals surface area contributed by atoms with Gasteiger partial charge in [-0.3, -0.25) is 0 Å². The fourth-order valence-electron chi connectivity index (χ4n) is 4.59. The van der Waals surface area contributed by atoms with Gasteiger partial charge in [0.2, 0.25) is 0 Å². The van der Waals surface area contributed by atoms with E-state index in [0.29, 0.717) is 22.2 Å². The van der Waals surface area contributed by atoms with Crippen molar-refractivity contribution in [1.29, 1.82) is 0 Å². The SMILES string of the molecule is CC(C)[Si](CC[Si](OC(C)(C)C)(C(C)C)C(C)C)(OC(C)(C)C)C(C)C. The molecule has 0 amide bonds. The Balaban J connectivity index is 5.93. The molecule has 0 aromatic heterocycles. The summed E-state index contributed by atoms with van der Waals surface area (Å²) in [5.74, 6) is 0. The minimum absolute atomic E-state index is 0.0779. The normalized spacial score (nSPS) is 15.0.